The molecule has 0 aliphatic carbocycles. The molecule has 0 rings (SSSR count). The molecule has 400 valence electrons. The summed E-state index contributed by atoms with van der Waals surface area (Å²) >= 11 is 0. The van der Waals surface area contributed by atoms with Crippen LogP contribution >= 0.6 is 0 Å². The van der Waals surface area contributed by atoms with Gasteiger partial charge >= 0.3 is 17.9 Å². The molecular weight excluding hydrogens is 877 g/mol. The highest BCUT2D eigenvalue weighted by Crippen LogP contribution is 2.15. The Hall–Kier alpha value is -4.45. The van der Waals surface area contributed by atoms with Crippen LogP contribution < -0.4 is 0 Å². The lowest BCUT2D eigenvalue weighted by Crippen LogP contribution is -2.30. The Labute approximate surface area is 436 Å². The molecule has 0 aliphatic rings. The van der Waals surface area contributed by atoms with Crippen molar-refractivity contribution in [3.63, 3.8) is 0 Å². The van der Waals surface area contributed by atoms with E-state index in [4.69, 9.17) is 14.2 Å². The minimum atomic E-state index is -0.814. The van der Waals surface area contributed by atoms with Crippen LogP contribution in [0.2, 0.25) is 0 Å². The van der Waals surface area contributed by atoms with Gasteiger partial charge in [0.2, 0.25) is 0 Å². The number of allylic oxidation sites excluding steroid dienone is 22. The second kappa shape index (κ2) is 58.1. The van der Waals surface area contributed by atoms with Gasteiger partial charge in [-0.2, -0.15) is 0 Å². The van der Waals surface area contributed by atoms with E-state index in [1.807, 2.05) is 72.9 Å². The number of rotatable bonds is 50. The van der Waals surface area contributed by atoms with E-state index < -0.39 is 6.10 Å². The summed E-state index contributed by atoms with van der Waals surface area (Å²) in [7, 11) is 0. The van der Waals surface area contributed by atoms with Crippen LogP contribution in [0.4, 0.5) is 0 Å². The Morgan fingerprint density at radius 3 is 0.901 bits per heavy atom. The number of carbonyl (C=O) groups is 3. The standard InChI is InChI=1S/C65H104O6/c1-4-7-10-13-16-19-22-25-28-31-33-35-37-40-43-46-49-52-55-58-64(67)70-61-62(60-69-63(66)57-54-51-48-45-42-39-36-30-27-24-21-18-15-12-9-6-3)71-65(68)59-56-53-50-47-44-41-38-34-32-29-26-23-20-17-14-11-8-5-2/h7,10,13,16-17,19-20,22-23,25-26,28-29,31-35,37-38,40,43,62H,4-6,8-9,11-12,14-15,18,21,24,27,30,36,39,41-42,44-61H2,1-3H3/b10-7-,16-13-,20-17-,22-19-,26-23-,28-25-,32-29-,33-31+,37-35-,38-34-,43-40-. The molecule has 6 heteroatoms. The van der Waals surface area contributed by atoms with Gasteiger partial charge in [0, 0.05) is 19.3 Å². The van der Waals surface area contributed by atoms with E-state index in [0.29, 0.717) is 12.8 Å². The van der Waals surface area contributed by atoms with Crippen molar-refractivity contribution >= 4 is 17.9 Å². The molecule has 0 saturated heterocycles. The summed E-state index contributed by atoms with van der Waals surface area (Å²) in [4.78, 5) is 38.2. The third kappa shape index (κ3) is 56.3. The second-order valence-electron chi connectivity index (χ2n) is 18.7. The van der Waals surface area contributed by atoms with Crippen LogP contribution in [0.5, 0.6) is 0 Å². The lowest BCUT2D eigenvalue weighted by molar-refractivity contribution is -0.167. The molecule has 0 aromatic carbocycles. The highest BCUT2D eigenvalue weighted by atomic mass is 16.6. The SMILES string of the molecule is CC\C=C/C=C\C=C/C=C\C=C\C=C/C=C\CCCCCC(=O)OCC(COC(=O)CCCCCCCCCCCCCCCCCC)OC(=O)CCCCCCC\C=C/C=C\C=C/C=C\CCCCC. The third-order valence-electron chi connectivity index (χ3n) is 11.9. The average Bonchev–Trinajstić information content (AvgIpc) is 3.37. The van der Waals surface area contributed by atoms with E-state index in [-0.39, 0.29) is 37.5 Å². The highest BCUT2D eigenvalue weighted by molar-refractivity contribution is 5.71. The molecule has 0 amide bonds. The van der Waals surface area contributed by atoms with Gasteiger partial charge in [-0.25, -0.2) is 0 Å². The first kappa shape index (κ1) is 66.6. The molecule has 0 heterocycles. The van der Waals surface area contributed by atoms with Crippen molar-refractivity contribution in [2.24, 2.45) is 0 Å². The van der Waals surface area contributed by atoms with Crippen molar-refractivity contribution < 1.29 is 28.6 Å². The van der Waals surface area contributed by atoms with Gasteiger partial charge in [0.1, 0.15) is 13.2 Å². The maximum Gasteiger partial charge on any atom is 0.306 e. The monoisotopic (exact) mass is 981 g/mol. The van der Waals surface area contributed by atoms with Crippen molar-refractivity contribution in [1.29, 1.82) is 0 Å². The van der Waals surface area contributed by atoms with Crippen molar-refractivity contribution in [1.82, 2.24) is 0 Å². The van der Waals surface area contributed by atoms with Gasteiger partial charge in [-0.05, 0) is 64.2 Å². The topological polar surface area (TPSA) is 78.9 Å². The van der Waals surface area contributed by atoms with Crippen molar-refractivity contribution in [3.05, 3.63) is 134 Å². The summed E-state index contributed by atoms with van der Waals surface area (Å²) in [5, 5.41) is 0. The zero-order valence-corrected chi connectivity index (χ0v) is 45.7. The van der Waals surface area contributed by atoms with E-state index in [0.717, 1.165) is 96.3 Å². The van der Waals surface area contributed by atoms with E-state index in [9.17, 15) is 14.4 Å². The van der Waals surface area contributed by atoms with Crippen LogP contribution in [-0.2, 0) is 28.6 Å². The Morgan fingerprint density at radius 1 is 0.296 bits per heavy atom. The lowest BCUT2D eigenvalue weighted by Gasteiger charge is -2.18. The molecule has 0 radical (unpaired) electrons. The fourth-order valence-corrected chi connectivity index (χ4v) is 7.61. The summed E-state index contributed by atoms with van der Waals surface area (Å²) in [6.07, 6.45) is 81.4. The maximum absolute atomic E-state index is 12.9. The Bertz CT molecular complexity index is 1550. The van der Waals surface area contributed by atoms with Crippen LogP contribution in [0.1, 0.15) is 239 Å². The fourth-order valence-electron chi connectivity index (χ4n) is 7.61. The minimum absolute atomic E-state index is 0.105. The number of ether oxygens (including phenoxy) is 3. The molecular formula is C65H104O6. The van der Waals surface area contributed by atoms with Gasteiger partial charge in [0.25, 0.3) is 0 Å². The van der Waals surface area contributed by atoms with Gasteiger partial charge < -0.3 is 14.2 Å². The zero-order valence-electron chi connectivity index (χ0n) is 45.7. The Balaban J connectivity index is 4.56. The van der Waals surface area contributed by atoms with Gasteiger partial charge in [0.05, 0.1) is 0 Å². The van der Waals surface area contributed by atoms with Gasteiger partial charge in [-0.3, -0.25) is 14.4 Å². The van der Waals surface area contributed by atoms with Crippen molar-refractivity contribution in [2.45, 2.75) is 245 Å². The molecule has 0 N–H and O–H groups in total. The normalized spacial score (nSPS) is 13.1. The smallest absolute Gasteiger partial charge is 0.306 e. The number of unbranched alkanes of at least 4 members (excludes halogenated alkanes) is 26. The quantitative estimate of drug-likeness (QED) is 0.0262. The molecule has 0 fully saturated rings. The van der Waals surface area contributed by atoms with Crippen LogP contribution in [0, 0.1) is 0 Å². The zero-order chi connectivity index (χ0) is 51.4. The molecule has 1 atom stereocenters. The molecule has 71 heavy (non-hydrogen) atoms. The predicted molar refractivity (Wildman–Crippen MR) is 306 cm³/mol. The van der Waals surface area contributed by atoms with Crippen LogP contribution in [0.15, 0.2) is 134 Å². The molecule has 1 unspecified atom stereocenters. The first-order valence-electron chi connectivity index (χ1n) is 28.8. The molecule has 6 nitrogen and oxygen atoms in total. The lowest BCUT2D eigenvalue weighted by atomic mass is 10.0. The summed E-state index contributed by atoms with van der Waals surface area (Å²) in [5.41, 5.74) is 0. The van der Waals surface area contributed by atoms with Crippen molar-refractivity contribution in [2.75, 3.05) is 13.2 Å². The fraction of sp³-hybridized carbons (Fsp3) is 0.615. The summed E-state index contributed by atoms with van der Waals surface area (Å²) in [6.45, 7) is 6.40. The average molecular weight is 982 g/mol. The second-order valence-corrected chi connectivity index (χ2v) is 18.7. The molecule has 0 aromatic rings. The summed E-state index contributed by atoms with van der Waals surface area (Å²) in [5.74, 6) is -0.976. The van der Waals surface area contributed by atoms with E-state index in [1.54, 1.807) is 0 Å². The maximum atomic E-state index is 12.9. The van der Waals surface area contributed by atoms with E-state index in [1.165, 1.54) is 103 Å². The van der Waals surface area contributed by atoms with Crippen LogP contribution in [0.3, 0.4) is 0 Å². The van der Waals surface area contributed by atoms with Gasteiger partial charge in [-0.1, -0.05) is 289 Å². The molecule has 0 saturated carbocycles. The van der Waals surface area contributed by atoms with Crippen LogP contribution in [-0.4, -0.2) is 37.2 Å². The van der Waals surface area contributed by atoms with Crippen molar-refractivity contribution in [3.8, 4) is 0 Å². The third-order valence-corrected chi connectivity index (χ3v) is 11.9. The van der Waals surface area contributed by atoms with Crippen LogP contribution in [0.25, 0.3) is 0 Å². The summed E-state index contributed by atoms with van der Waals surface area (Å²) in [6, 6.07) is 0. The van der Waals surface area contributed by atoms with Gasteiger partial charge in [-0.15, -0.1) is 0 Å². The largest absolute Gasteiger partial charge is 0.462 e. The molecule has 0 spiro atoms. The predicted octanol–water partition coefficient (Wildman–Crippen LogP) is 19.4. The van der Waals surface area contributed by atoms with E-state index >= 15 is 0 Å². The molecule has 0 aromatic heterocycles. The number of esters is 3. The Morgan fingerprint density at radius 2 is 0.549 bits per heavy atom. The molecule has 0 bridgehead atoms. The van der Waals surface area contributed by atoms with Gasteiger partial charge in [0.15, 0.2) is 6.10 Å². The van der Waals surface area contributed by atoms with E-state index in [2.05, 4.69) is 81.5 Å². The first-order chi connectivity index (χ1) is 35.0. The number of carbonyl (C=O) groups excluding carboxylic acids is 3. The number of hydrogen-bond acceptors (Lipinski definition) is 6. The highest BCUT2D eigenvalue weighted by Gasteiger charge is 2.19. The molecule has 0 aliphatic heterocycles. The Kier molecular flexibility index (Phi) is 54.5. The first-order valence-corrected chi connectivity index (χ1v) is 28.8. The minimum Gasteiger partial charge on any atom is -0.462 e. The summed E-state index contributed by atoms with van der Waals surface area (Å²) < 4.78 is 16.8. The number of hydrogen-bond donors (Lipinski definition) is 0.